The van der Waals surface area contributed by atoms with E-state index in [4.69, 9.17) is 9.72 Å². The Balaban J connectivity index is 0.00000433. The van der Waals surface area contributed by atoms with Gasteiger partial charge < -0.3 is 23.0 Å². The van der Waals surface area contributed by atoms with E-state index in [1.165, 1.54) is 21.5 Å². The largest absolute Gasteiger partial charge is 0.510 e. The maximum atomic E-state index is 6.69. The number of nitrogens with zero attached hydrogens (tertiary/aromatic N) is 6. The quantitative estimate of drug-likeness (QED) is 0.118. The number of ether oxygens (including phenoxy) is 1. The van der Waals surface area contributed by atoms with Crippen LogP contribution in [0.3, 0.4) is 0 Å². The van der Waals surface area contributed by atoms with Gasteiger partial charge >= 0.3 is 0 Å². The molecule has 0 N–H and O–H groups in total. The molecule has 0 aliphatic rings. The number of para-hydroxylation sites is 5. The van der Waals surface area contributed by atoms with Crippen molar-refractivity contribution in [3.05, 3.63) is 225 Å². The molecule has 0 saturated carbocycles. The molecular formula is C56H34N6OPt-2. The topological polar surface area (TPSA) is 45.7 Å². The monoisotopic (exact) mass is 1000 g/mol. The Kier molecular flexibility index (Phi) is 8.92. The minimum atomic E-state index is 0. The third-order valence-electron chi connectivity index (χ3n) is 12.1. The maximum Gasteiger partial charge on any atom is 0.267 e. The summed E-state index contributed by atoms with van der Waals surface area (Å²) in [6.45, 7) is 0. The standard InChI is InChI=1S/C56H34N6O.Pt/c1-4-17-38(18-5-1)58-33-34-59(37-58)41-23-16-24-42(35-41)63-43-30-31-46-49(36-43)62(50-29-14-15-32-57-50)56-53(46)54-51(44-25-10-12-27-47(44)60(54)39-19-6-2-7-20-39)52-45-26-11-13-28-48(45)61(55(52)56)40-21-8-3-9-22-40;/h1-34H;/q-2;. The second-order valence-electron chi connectivity index (χ2n) is 15.6. The van der Waals surface area contributed by atoms with Gasteiger partial charge in [-0.3, -0.25) is 4.57 Å². The van der Waals surface area contributed by atoms with Crippen LogP contribution >= 0.6 is 0 Å². The molecule has 13 aromatic rings. The van der Waals surface area contributed by atoms with E-state index in [-0.39, 0.29) is 21.1 Å². The van der Waals surface area contributed by atoms with Crippen molar-refractivity contribution >= 4 is 65.4 Å². The van der Waals surface area contributed by atoms with Crippen molar-refractivity contribution in [2.45, 2.75) is 0 Å². The number of rotatable bonds is 7. The third-order valence-corrected chi connectivity index (χ3v) is 12.1. The van der Waals surface area contributed by atoms with Crippen LogP contribution in [-0.2, 0) is 21.1 Å². The van der Waals surface area contributed by atoms with Crippen molar-refractivity contribution in [2.24, 2.45) is 0 Å². The van der Waals surface area contributed by atoms with Gasteiger partial charge in [-0.15, -0.1) is 24.3 Å². The van der Waals surface area contributed by atoms with Crippen LogP contribution in [0.5, 0.6) is 11.5 Å². The smallest absolute Gasteiger partial charge is 0.267 e. The van der Waals surface area contributed by atoms with E-state index < -0.39 is 0 Å². The Morgan fingerprint density at radius 3 is 1.70 bits per heavy atom. The molecular weight excluding hydrogens is 968 g/mol. The zero-order chi connectivity index (χ0) is 41.4. The third kappa shape index (κ3) is 5.78. The molecule has 0 fully saturated rings. The van der Waals surface area contributed by atoms with Crippen molar-refractivity contribution in [1.82, 2.24) is 23.3 Å². The molecule has 8 heteroatoms. The fourth-order valence-corrected chi connectivity index (χ4v) is 9.51. The average molecular weight is 1000 g/mol. The van der Waals surface area contributed by atoms with Crippen LogP contribution < -0.4 is 9.30 Å². The summed E-state index contributed by atoms with van der Waals surface area (Å²) in [6, 6.07) is 72.6. The fourth-order valence-electron chi connectivity index (χ4n) is 9.51. The van der Waals surface area contributed by atoms with E-state index in [1.807, 2.05) is 82.3 Å². The molecule has 5 heterocycles. The minimum absolute atomic E-state index is 0. The van der Waals surface area contributed by atoms with E-state index in [9.17, 15) is 0 Å². The van der Waals surface area contributed by atoms with Crippen LogP contribution in [0, 0.1) is 18.5 Å². The molecule has 13 rings (SSSR count). The van der Waals surface area contributed by atoms with Gasteiger partial charge in [0.05, 0.1) is 33.3 Å². The summed E-state index contributed by atoms with van der Waals surface area (Å²) in [5, 5.41) is 6.88. The van der Waals surface area contributed by atoms with Crippen LogP contribution in [0.4, 0.5) is 0 Å². The molecule has 7 nitrogen and oxygen atoms in total. The molecule has 0 amide bonds. The number of hydrogen-bond acceptors (Lipinski definition) is 2. The minimum Gasteiger partial charge on any atom is -0.510 e. The first-order valence-corrected chi connectivity index (χ1v) is 21.0. The van der Waals surface area contributed by atoms with E-state index >= 15 is 0 Å². The van der Waals surface area contributed by atoms with Gasteiger partial charge in [0.25, 0.3) is 6.33 Å². The van der Waals surface area contributed by atoms with Gasteiger partial charge in [0.2, 0.25) is 0 Å². The average Bonchev–Trinajstić information content (AvgIpc) is 4.13. The molecule has 64 heavy (non-hydrogen) atoms. The van der Waals surface area contributed by atoms with Gasteiger partial charge in [0, 0.05) is 84.1 Å². The van der Waals surface area contributed by atoms with Crippen LogP contribution in [0.1, 0.15) is 0 Å². The summed E-state index contributed by atoms with van der Waals surface area (Å²) in [5.41, 5.74) is 10.4. The summed E-state index contributed by atoms with van der Waals surface area (Å²) < 4.78 is 17.7. The van der Waals surface area contributed by atoms with Crippen molar-refractivity contribution in [3.8, 4) is 40.1 Å². The first-order chi connectivity index (χ1) is 31.3. The van der Waals surface area contributed by atoms with Gasteiger partial charge in [0.1, 0.15) is 5.82 Å². The van der Waals surface area contributed by atoms with E-state index in [2.05, 4.69) is 166 Å². The molecule has 0 aliphatic heterocycles. The SMILES string of the molecule is [Pt].[c-]1c(Oc2[c-]c3c(cc2)c2c(c4c(c5ccccc5n4-c4ccccc4)c4c5ccccc5n(-c5ccccc5)c42)n3-c2ccccn2)cccc1-[n+]1[c-]n(-c2ccccc2)cc1. The Labute approximate surface area is 382 Å². The number of aromatic nitrogens is 6. The Hall–Kier alpha value is -7.99. The van der Waals surface area contributed by atoms with Crippen molar-refractivity contribution in [2.75, 3.05) is 0 Å². The molecule has 0 aliphatic carbocycles. The first kappa shape index (κ1) is 37.7. The number of imidazole rings is 1. The summed E-state index contributed by atoms with van der Waals surface area (Å²) in [6.07, 6.45) is 9.22. The van der Waals surface area contributed by atoms with Gasteiger partial charge in [-0.05, 0) is 71.7 Å². The normalized spacial score (nSPS) is 11.6. The van der Waals surface area contributed by atoms with Gasteiger partial charge in [-0.1, -0.05) is 108 Å². The zero-order valence-corrected chi connectivity index (χ0v) is 36.3. The molecule has 306 valence electrons. The Bertz CT molecular complexity index is 3870. The second-order valence-corrected chi connectivity index (χ2v) is 15.6. The summed E-state index contributed by atoms with van der Waals surface area (Å²) in [5.74, 6) is 1.91. The predicted molar refractivity (Wildman–Crippen MR) is 251 cm³/mol. The first-order valence-electron chi connectivity index (χ1n) is 21.0. The number of hydrogen-bond donors (Lipinski definition) is 0. The fraction of sp³-hybridized carbons (Fsp3) is 0. The van der Waals surface area contributed by atoms with Crippen molar-refractivity contribution in [1.29, 1.82) is 0 Å². The van der Waals surface area contributed by atoms with Gasteiger partial charge in [-0.2, -0.15) is 18.2 Å². The van der Waals surface area contributed by atoms with Crippen LogP contribution in [-0.4, -0.2) is 23.3 Å². The molecule has 5 aromatic heterocycles. The zero-order valence-electron chi connectivity index (χ0n) is 34.0. The molecule has 0 unspecified atom stereocenters. The van der Waals surface area contributed by atoms with E-state index in [0.717, 1.165) is 72.4 Å². The Morgan fingerprint density at radius 1 is 0.453 bits per heavy atom. The van der Waals surface area contributed by atoms with Crippen LogP contribution in [0.25, 0.3) is 94.0 Å². The molecule has 0 spiro atoms. The van der Waals surface area contributed by atoms with Crippen molar-refractivity contribution < 1.29 is 30.4 Å². The van der Waals surface area contributed by atoms with Crippen LogP contribution in [0.15, 0.2) is 207 Å². The van der Waals surface area contributed by atoms with E-state index in [1.54, 1.807) is 0 Å². The molecule has 0 bridgehead atoms. The van der Waals surface area contributed by atoms with Crippen molar-refractivity contribution in [3.63, 3.8) is 0 Å². The number of benzene rings is 8. The number of pyridine rings is 1. The molecule has 0 atom stereocenters. The maximum absolute atomic E-state index is 6.69. The number of fused-ring (bicyclic) bond motifs is 12. The molecule has 8 aromatic carbocycles. The van der Waals surface area contributed by atoms with Crippen LogP contribution in [0.2, 0.25) is 0 Å². The van der Waals surface area contributed by atoms with Gasteiger partial charge in [0.15, 0.2) is 0 Å². The second kappa shape index (κ2) is 15.1. The molecule has 0 radical (unpaired) electrons. The predicted octanol–water partition coefficient (Wildman–Crippen LogP) is 12.6. The Morgan fingerprint density at radius 2 is 1.03 bits per heavy atom. The van der Waals surface area contributed by atoms with Gasteiger partial charge in [-0.25, -0.2) is 4.98 Å². The molecule has 0 saturated heterocycles. The summed E-state index contributed by atoms with van der Waals surface area (Å²) in [7, 11) is 0. The summed E-state index contributed by atoms with van der Waals surface area (Å²) in [4.78, 5) is 5.04. The van der Waals surface area contributed by atoms with E-state index in [0.29, 0.717) is 11.5 Å². The summed E-state index contributed by atoms with van der Waals surface area (Å²) >= 11 is 0.